The van der Waals surface area contributed by atoms with Gasteiger partial charge in [0.1, 0.15) is 5.02 Å². The van der Waals surface area contributed by atoms with Crippen LogP contribution in [0.1, 0.15) is 26.3 Å². The number of benzene rings is 3. The minimum absolute atomic E-state index is 0.0605. The number of hydrogen-bond donors (Lipinski definition) is 1. The number of rotatable bonds is 6. The summed E-state index contributed by atoms with van der Waals surface area (Å²) in [5, 5.41) is 13.7. The Kier molecular flexibility index (Phi) is 6.44. The summed E-state index contributed by atoms with van der Waals surface area (Å²) in [6.45, 7) is 0.408. The summed E-state index contributed by atoms with van der Waals surface area (Å²) in [5.74, 6) is -0.849. The topological polar surface area (TPSA) is 92.6 Å². The molecule has 0 unspecified atom stereocenters. The third-order valence-electron chi connectivity index (χ3n) is 4.42. The van der Waals surface area contributed by atoms with Gasteiger partial charge in [0.2, 0.25) is 0 Å². The Balaban J connectivity index is 1.81. The highest BCUT2D eigenvalue weighted by Gasteiger charge is 2.20. The average Bonchev–Trinajstić information content (AvgIpc) is 2.74. The van der Waals surface area contributed by atoms with E-state index in [1.54, 1.807) is 36.2 Å². The van der Waals surface area contributed by atoms with Gasteiger partial charge in [-0.15, -0.1) is 0 Å². The molecule has 0 heterocycles. The van der Waals surface area contributed by atoms with Crippen LogP contribution in [0.3, 0.4) is 0 Å². The quantitative estimate of drug-likeness (QED) is 0.456. The van der Waals surface area contributed by atoms with Crippen LogP contribution in [0, 0.1) is 10.1 Å². The van der Waals surface area contributed by atoms with Crippen molar-refractivity contribution in [3.05, 3.63) is 105 Å². The number of hydrogen-bond acceptors (Lipinski definition) is 4. The standard InChI is InChI=1S/C22H18ClN3O4/c1-25(14-15-7-3-2-4-8-15)22(28)17-9-5-6-10-19(17)24-21(27)16-11-12-18(23)20(13-16)26(29)30/h2-13H,14H2,1H3,(H,24,27). The predicted octanol–water partition coefficient (Wildman–Crippen LogP) is 4.77. The lowest BCUT2D eigenvalue weighted by Crippen LogP contribution is -2.27. The van der Waals surface area contributed by atoms with Gasteiger partial charge < -0.3 is 10.2 Å². The number of amides is 2. The van der Waals surface area contributed by atoms with Crippen LogP contribution < -0.4 is 5.32 Å². The third-order valence-corrected chi connectivity index (χ3v) is 4.74. The molecule has 0 saturated heterocycles. The molecule has 0 atom stereocenters. The van der Waals surface area contributed by atoms with Crippen LogP contribution in [0.2, 0.25) is 5.02 Å². The summed E-state index contributed by atoms with van der Waals surface area (Å²) in [5.41, 5.74) is 1.29. The van der Waals surface area contributed by atoms with E-state index in [0.717, 1.165) is 11.6 Å². The van der Waals surface area contributed by atoms with E-state index in [-0.39, 0.29) is 22.2 Å². The van der Waals surface area contributed by atoms with Gasteiger partial charge >= 0.3 is 0 Å². The van der Waals surface area contributed by atoms with Crippen molar-refractivity contribution in [2.75, 3.05) is 12.4 Å². The number of carbonyl (C=O) groups excluding carboxylic acids is 2. The molecule has 0 bridgehead atoms. The van der Waals surface area contributed by atoms with Gasteiger partial charge in [0, 0.05) is 25.2 Å². The summed E-state index contributed by atoms with van der Waals surface area (Å²) in [4.78, 5) is 37.5. The first-order chi connectivity index (χ1) is 14.4. The predicted molar refractivity (Wildman–Crippen MR) is 115 cm³/mol. The molecule has 0 aliphatic rings. The lowest BCUT2D eigenvalue weighted by Gasteiger charge is -2.19. The van der Waals surface area contributed by atoms with E-state index in [4.69, 9.17) is 11.6 Å². The molecule has 2 amide bonds. The van der Waals surface area contributed by atoms with Crippen molar-refractivity contribution >= 4 is 34.8 Å². The summed E-state index contributed by atoms with van der Waals surface area (Å²) < 4.78 is 0. The Morgan fingerprint density at radius 1 is 1.03 bits per heavy atom. The van der Waals surface area contributed by atoms with Crippen LogP contribution in [0.15, 0.2) is 72.8 Å². The third kappa shape index (κ3) is 4.82. The number of nitro groups is 1. The average molecular weight is 424 g/mol. The van der Waals surface area contributed by atoms with Crippen LogP contribution >= 0.6 is 11.6 Å². The zero-order valence-corrected chi connectivity index (χ0v) is 16.8. The van der Waals surface area contributed by atoms with Crippen molar-refractivity contribution in [3.63, 3.8) is 0 Å². The highest BCUT2D eigenvalue weighted by Crippen LogP contribution is 2.26. The Labute approximate surface area is 178 Å². The number of para-hydroxylation sites is 1. The van der Waals surface area contributed by atoms with Crippen molar-refractivity contribution in [1.29, 1.82) is 0 Å². The maximum Gasteiger partial charge on any atom is 0.288 e. The molecule has 3 aromatic rings. The molecule has 0 aliphatic heterocycles. The van der Waals surface area contributed by atoms with Crippen LogP contribution in [0.4, 0.5) is 11.4 Å². The number of anilines is 1. The zero-order valence-electron chi connectivity index (χ0n) is 16.0. The highest BCUT2D eigenvalue weighted by atomic mass is 35.5. The zero-order chi connectivity index (χ0) is 21.7. The monoisotopic (exact) mass is 423 g/mol. The Morgan fingerprint density at radius 3 is 2.40 bits per heavy atom. The summed E-state index contributed by atoms with van der Waals surface area (Å²) in [6.07, 6.45) is 0. The Bertz CT molecular complexity index is 1100. The fraction of sp³-hybridized carbons (Fsp3) is 0.0909. The molecule has 3 aromatic carbocycles. The van der Waals surface area contributed by atoms with Gasteiger partial charge in [0.15, 0.2) is 0 Å². The number of nitrogens with zero attached hydrogens (tertiary/aromatic N) is 2. The first kappa shape index (κ1) is 21.0. The summed E-state index contributed by atoms with van der Waals surface area (Å²) >= 11 is 5.80. The number of carbonyl (C=O) groups is 2. The van der Waals surface area contributed by atoms with E-state index in [1.165, 1.54) is 12.1 Å². The van der Waals surface area contributed by atoms with Crippen molar-refractivity contribution in [3.8, 4) is 0 Å². The molecule has 152 valence electrons. The molecular formula is C22H18ClN3O4. The van der Waals surface area contributed by atoms with Crippen molar-refractivity contribution in [2.24, 2.45) is 0 Å². The second-order valence-electron chi connectivity index (χ2n) is 6.57. The minimum atomic E-state index is -0.658. The van der Waals surface area contributed by atoms with Crippen LogP contribution in [-0.2, 0) is 6.54 Å². The molecule has 3 rings (SSSR count). The number of halogens is 1. The van der Waals surface area contributed by atoms with Gasteiger partial charge in [-0.3, -0.25) is 19.7 Å². The maximum atomic E-state index is 12.9. The van der Waals surface area contributed by atoms with Crippen LogP contribution in [-0.4, -0.2) is 28.7 Å². The number of nitrogens with one attached hydrogen (secondary N) is 1. The normalized spacial score (nSPS) is 10.3. The van der Waals surface area contributed by atoms with Crippen LogP contribution in [0.5, 0.6) is 0 Å². The van der Waals surface area contributed by atoms with Gasteiger partial charge in [-0.2, -0.15) is 0 Å². The molecule has 0 spiro atoms. The van der Waals surface area contributed by atoms with Crippen LogP contribution in [0.25, 0.3) is 0 Å². The Morgan fingerprint density at radius 2 is 1.70 bits per heavy atom. The molecular weight excluding hydrogens is 406 g/mol. The SMILES string of the molecule is CN(Cc1ccccc1)C(=O)c1ccccc1NC(=O)c1ccc(Cl)c([N+](=O)[O-])c1. The fourth-order valence-electron chi connectivity index (χ4n) is 2.90. The summed E-state index contributed by atoms with van der Waals surface area (Å²) in [6, 6.07) is 19.9. The van der Waals surface area contributed by atoms with Gasteiger partial charge in [-0.1, -0.05) is 54.1 Å². The largest absolute Gasteiger partial charge is 0.337 e. The molecule has 30 heavy (non-hydrogen) atoms. The van der Waals surface area contributed by atoms with E-state index in [0.29, 0.717) is 17.8 Å². The lowest BCUT2D eigenvalue weighted by atomic mass is 10.1. The lowest BCUT2D eigenvalue weighted by molar-refractivity contribution is -0.384. The van der Waals surface area contributed by atoms with Gasteiger partial charge in [0.05, 0.1) is 16.2 Å². The van der Waals surface area contributed by atoms with Gasteiger partial charge in [-0.25, -0.2) is 0 Å². The second-order valence-corrected chi connectivity index (χ2v) is 6.98. The molecule has 0 fully saturated rings. The van der Waals surface area contributed by atoms with E-state index in [9.17, 15) is 19.7 Å². The van der Waals surface area contributed by atoms with E-state index >= 15 is 0 Å². The van der Waals surface area contributed by atoms with E-state index in [2.05, 4.69) is 5.32 Å². The molecule has 7 nitrogen and oxygen atoms in total. The maximum absolute atomic E-state index is 12.9. The second kappa shape index (κ2) is 9.19. The minimum Gasteiger partial charge on any atom is -0.337 e. The molecule has 0 aliphatic carbocycles. The van der Waals surface area contributed by atoms with E-state index < -0.39 is 10.8 Å². The number of nitro benzene ring substituents is 1. The molecule has 8 heteroatoms. The molecule has 0 saturated carbocycles. The molecule has 0 radical (unpaired) electrons. The van der Waals surface area contributed by atoms with E-state index in [1.807, 2.05) is 30.3 Å². The smallest absolute Gasteiger partial charge is 0.288 e. The molecule has 0 aromatic heterocycles. The highest BCUT2D eigenvalue weighted by molar-refractivity contribution is 6.32. The van der Waals surface area contributed by atoms with Crippen molar-refractivity contribution in [2.45, 2.75) is 6.54 Å². The first-order valence-electron chi connectivity index (χ1n) is 9.00. The van der Waals surface area contributed by atoms with Gasteiger partial charge in [0.25, 0.3) is 17.5 Å². The Hall–Kier alpha value is -3.71. The van der Waals surface area contributed by atoms with Crippen molar-refractivity contribution < 1.29 is 14.5 Å². The first-order valence-corrected chi connectivity index (χ1v) is 9.38. The summed E-state index contributed by atoms with van der Waals surface area (Å²) in [7, 11) is 1.68. The van der Waals surface area contributed by atoms with Crippen molar-refractivity contribution in [1.82, 2.24) is 4.90 Å². The fourth-order valence-corrected chi connectivity index (χ4v) is 3.09. The van der Waals surface area contributed by atoms with Gasteiger partial charge in [-0.05, 0) is 29.8 Å². The molecule has 1 N–H and O–H groups in total.